The number of carbonyl (C=O) groups is 1. The standard InChI is InChI=1S/C50H55N5O5/c1-57-40-15-9-35(10-16-40)37-13-19-46-42(30-37)43-31-38(36-11-17-41(58-2)18-12-36)14-20-47(43)55(46)23-5-4-21-52-25-27-53(28-26-52)22-7-29-60-49-33-45-44(32-48(49)59-3)50(56)54-24-6-8-39(54)34-51-45/h9-20,30-34,39H,4-8,21-29H2,1-3H3/t39-/m0/s1. The van der Waals surface area contributed by atoms with Crippen molar-refractivity contribution in [2.24, 2.45) is 4.99 Å². The molecule has 0 aliphatic carbocycles. The molecule has 2 fully saturated rings. The lowest BCUT2D eigenvalue weighted by Crippen LogP contribution is -2.46. The molecule has 10 heteroatoms. The number of piperazine rings is 1. The Kier molecular flexibility index (Phi) is 11.7. The number of aryl methyl sites for hydroxylation is 1. The number of ether oxygens (including phenoxy) is 4. The zero-order valence-electron chi connectivity index (χ0n) is 35.1. The number of nitrogens with zero attached hydrogens (tertiary/aromatic N) is 5. The molecule has 5 aromatic carbocycles. The molecule has 0 unspecified atom stereocenters. The van der Waals surface area contributed by atoms with Gasteiger partial charge in [-0.05, 0) is 115 Å². The molecule has 1 atom stereocenters. The van der Waals surface area contributed by atoms with Crippen molar-refractivity contribution in [1.29, 1.82) is 0 Å². The van der Waals surface area contributed by atoms with Crippen LogP contribution < -0.4 is 18.9 Å². The van der Waals surface area contributed by atoms with Crippen molar-refractivity contribution in [1.82, 2.24) is 19.3 Å². The Morgan fingerprint density at radius 2 is 1.17 bits per heavy atom. The van der Waals surface area contributed by atoms with Gasteiger partial charge in [-0.15, -0.1) is 0 Å². The number of methoxy groups -OCH3 is 3. The van der Waals surface area contributed by atoms with Crippen LogP contribution in [-0.2, 0) is 6.54 Å². The van der Waals surface area contributed by atoms with Crippen molar-refractivity contribution in [3.63, 3.8) is 0 Å². The summed E-state index contributed by atoms with van der Waals surface area (Å²) >= 11 is 0. The van der Waals surface area contributed by atoms with E-state index >= 15 is 0 Å². The summed E-state index contributed by atoms with van der Waals surface area (Å²) in [5.41, 5.74) is 8.55. The van der Waals surface area contributed by atoms with Crippen LogP contribution in [0.25, 0.3) is 44.1 Å². The molecule has 1 amide bonds. The number of carbonyl (C=O) groups excluding carboxylic acids is 1. The van der Waals surface area contributed by atoms with E-state index in [0.29, 0.717) is 29.4 Å². The van der Waals surface area contributed by atoms with Gasteiger partial charge >= 0.3 is 0 Å². The fourth-order valence-electron chi connectivity index (χ4n) is 9.20. The van der Waals surface area contributed by atoms with Gasteiger partial charge in [-0.1, -0.05) is 36.4 Å². The second kappa shape index (κ2) is 17.8. The van der Waals surface area contributed by atoms with Crippen LogP contribution in [0.4, 0.5) is 5.69 Å². The van der Waals surface area contributed by atoms with E-state index in [1.807, 2.05) is 41.4 Å². The van der Waals surface area contributed by atoms with Crippen LogP contribution in [0, 0.1) is 0 Å². The van der Waals surface area contributed by atoms with E-state index in [9.17, 15) is 4.79 Å². The van der Waals surface area contributed by atoms with Gasteiger partial charge in [-0.2, -0.15) is 0 Å². The number of amides is 1. The lowest BCUT2D eigenvalue weighted by molar-refractivity contribution is 0.0774. The van der Waals surface area contributed by atoms with Crippen molar-refractivity contribution in [3.8, 4) is 45.3 Å². The molecule has 3 aliphatic rings. The average Bonchev–Trinajstić information content (AvgIpc) is 3.87. The van der Waals surface area contributed by atoms with Crippen LogP contribution >= 0.6 is 0 Å². The number of aliphatic imine (C=N–C) groups is 1. The Morgan fingerprint density at radius 1 is 0.600 bits per heavy atom. The molecule has 0 spiro atoms. The van der Waals surface area contributed by atoms with Gasteiger partial charge in [0.2, 0.25) is 0 Å². The van der Waals surface area contributed by atoms with E-state index in [-0.39, 0.29) is 11.9 Å². The van der Waals surface area contributed by atoms with Gasteiger partial charge in [-0.25, -0.2) is 0 Å². The summed E-state index contributed by atoms with van der Waals surface area (Å²) in [6.45, 7) is 8.73. The molecule has 6 aromatic rings. The van der Waals surface area contributed by atoms with Gasteiger partial charge in [-0.3, -0.25) is 9.79 Å². The molecule has 2 saturated heterocycles. The molecular weight excluding hydrogens is 751 g/mol. The van der Waals surface area contributed by atoms with Crippen LogP contribution in [0.2, 0.25) is 0 Å². The third-order valence-electron chi connectivity index (χ3n) is 12.6. The fourth-order valence-corrected chi connectivity index (χ4v) is 9.20. The topological polar surface area (TPSA) is 81.0 Å². The second-order valence-corrected chi connectivity index (χ2v) is 16.2. The van der Waals surface area contributed by atoms with Crippen LogP contribution in [0.1, 0.15) is 42.5 Å². The molecule has 4 heterocycles. The second-order valence-electron chi connectivity index (χ2n) is 16.2. The van der Waals surface area contributed by atoms with Gasteiger partial charge in [0.05, 0.1) is 45.2 Å². The van der Waals surface area contributed by atoms with E-state index in [4.69, 9.17) is 18.9 Å². The predicted octanol–water partition coefficient (Wildman–Crippen LogP) is 9.34. The van der Waals surface area contributed by atoms with Gasteiger partial charge in [0.15, 0.2) is 11.5 Å². The van der Waals surface area contributed by atoms with Crippen molar-refractivity contribution in [2.75, 3.05) is 73.7 Å². The van der Waals surface area contributed by atoms with Gasteiger partial charge < -0.3 is 38.2 Å². The Hall–Kier alpha value is -5.84. The zero-order chi connectivity index (χ0) is 41.0. The summed E-state index contributed by atoms with van der Waals surface area (Å²) in [5.74, 6) is 2.97. The monoisotopic (exact) mass is 805 g/mol. The minimum absolute atomic E-state index is 0.0254. The minimum Gasteiger partial charge on any atom is -0.497 e. The first-order valence-electron chi connectivity index (χ1n) is 21.5. The average molecular weight is 806 g/mol. The van der Waals surface area contributed by atoms with E-state index in [2.05, 4.69) is 80.0 Å². The summed E-state index contributed by atoms with van der Waals surface area (Å²) in [4.78, 5) is 25.0. The third kappa shape index (κ3) is 8.18. The highest BCUT2D eigenvalue weighted by atomic mass is 16.5. The first-order chi connectivity index (χ1) is 29.5. The summed E-state index contributed by atoms with van der Waals surface area (Å²) in [7, 11) is 5.04. The highest BCUT2D eigenvalue weighted by Gasteiger charge is 2.32. The summed E-state index contributed by atoms with van der Waals surface area (Å²) in [5, 5.41) is 2.55. The molecule has 0 radical (unpaired) electrons. The maximum Gasteiger partial charge on any atom is 0.256 e. The molecule has 10 nitrogen and oxygen atoms in total. The lowest BCUT2D eigenvalue weighted by atomic mass is 10.00. The highest BCUT2D eigenvalue weighted by molar-refractivity contribution is 6.10. The van der Waals surface area contributed by atoms with Crippen molar-refractivity contribution in [3.05, 3.63) is 103 Å². The quantitative estimate of drug-likeness (QED) is 0.0958. The number of unbranched alkanes of at least 4 members (excludes halogenated alkanes) is 1. The molecule has 0 N–H and O–H groups in total. The molecule has 310 valence electrons. The Balaban J connectivity index is 0.792. The van der Waals surface area contributed by atoms with Crippen LogP contribution in [0.5, 0.6) is 23.0 Å². The third-order valence-corrected chi connectivity index (χ3v) is 12.6. The Bertz CT molecular complexity index is 2380. The van der Waals surface area contributed by atoms with Crippen LogP contribution in [0.15, 0.2) is 102 Å². The van der Waals surface area contributed by atoms with Gasteiger partial charge in [0.1, 0.15) is 11.5 Å². The van der Waals surface area contributed by atoms with E-state index in [1.54, 1.807) is 27.4 Å². The van der Waals surface area contributed by atoms with Crippen LogP contribution in [0.3, 0.4) is 0 Å². The number of hydrogen-bond acceptors (Lipinski definition) is 8. The molecule has 60 heavy (non-hydrogen) atoms. The molecule has 0 saturated carbocycles. The first-order valence-corrected chi connectivity index (χ1v) is 21.5. The number of aromatic nitrogens is 1. The van der Waals surface area contributed by atoms with E-state index in [0.717, 1.165) is 96.0 Å². The largest absolute Gasteiger partial charge is 0.497 e. The Morgan fingerprint density at radius 3 is 1.75 bits per heavy atom. The fraction of sp³-hybridized carbons (Fsp3) is 0.360. The SMILES string of the molecule is COc1ccc(-c2ccc3c(c2)c2cc(-c4ccc(OC)cc4)ccc2n3CCCCN2CCN(CCCOc3cc4c(cc3OC)C(=O)N3CCC[C@H]3C=N4)CC2)cc1. The number of rotatable bonds is 15. The maximum atomic E-state index is 13.2. The lowest BCUT2D eigenvalue weighted by Gasteiger charge is -2.34. The highest BCUT2D eigenvalue weighted by Crippen LogP contribution is 2.39. The van der Waals surface area contributed by atoms with Crippen molar-refractivity contribution < 1.29 is 23.7 Å². The minimum atomic E-state index is 0.0254. The van der Waals surface area contributed by atoms with E-state index in [1.165, 1.54) is 44.1 Å². The van der Waals surface area contributed by atoms with Crippen molar-refractivity contribution in [2.45, 2.75) is 44.7 Å². The van der Waals surface area contributed by atoms with Crippen LogP contribution in [-0.4, -0.2) is 111 Å². The number of benzene rings is 5. The zero-order valence-corrected chi connectivity index (χ0v) is 35.1. The molecule has 0 bridgehead atoms. The first kappa shape index (κ1) is 39.6. The van der Waals surface area contributed by atoms with Gasteiger partial charge in [0, 0.05) is 79.9 Å². The maximum absolute atomic E-state index is 13.2. The summed E-state index contributed by atoms with van der Waals surface area (Å²) < 4.78 is 25.2. The molecule has 3 aliphatic heterocycles. The summed E-state index contributed by atoms with van der Waals surface area (Å²) in [6.07, 6.45) is 7.07. The molecule has 9 rings (SSSR count). The Labute approximate surface area is 352 Å². The number of hydrogen-bond donors (Lipinski definition) is 0. The molecule has 1 aromatic heterocycles. The predicted molar refractivity (Wildman–Crippen MR) is 241 cm³/mol. The molecular formula is C50H55N5O5. The van der Waals surface area contributed by atoms with E-state index < -0.39 is 0 Å². The normalized spacial score (nSPS) is 16.9. The summed E-state index contributed by atoms with van der Waals surface area (Å²) in [6, 6.07) is 34.2. The number of fused-ring (bicyclic) bond motifs is 5. The smallest absolute Gasteiger partial charge is 0.256 e. The van der Waals surface area contributed by atoms with Gasteiger partial charge in [0.25, 0.3) is 5.91 Å². The van der Waals surface area contributed by atoms with Crippen molar-refractivity contribution >= 4 is 39.6 Å².